The minimum Gasteiger partial charge on any atom is -0.497 e. The summed E-state index contributed by atoms with van der Waals surface area (Å²) in [7, 11) is 3.30. The number of benzene rings is 3. The van der Waals surface area contributed by atoms with E-state index in [0.29, 0.717) is 33.7 Å². The van der Waals surface area contributed by atoms with Crippen molar-refractivity contribution in [2.24, 2.45) is 5.92 Å². The van der Waals surface area contributed by atoms with Gasteiger partial charge in [-0.1, -0.05) is 42.5 Å². The van der Waals surface area contributed by atoms with Crippen LogP contribution < -0.4 is 10.1 Å². The third-order valence-electron chi connectivity index (χ3n) is 5.41. The van der Waals surface area contributed by atoms with Crippen LogP contribution in [-0.2, 0) is 0 Å². The zero-order valence-corrected chi connectivity index (χ0v) is 16.8. The molecule has 0 amide bonds. The summed E-state index contributed by atoms with van der Waals surface area (Å²) in [5, 5.41) is 15.4. The number of methoxy groups -OCH3 is 1. The van der Waals surface area contributed by atoms with Crippen molar-refractivity contribution in [1.29, 1.82) is 0 Å². The van der Waals surface area contributed by atoms with Gasteiger partial charge in [-0.15, -0.1) is 0 Å². The second-order valence-electron chi connectivity index (χ2n) is 7.31. The minimum absolute atomic E-state index is 0.0483. The number of rotatable bonds is 7. The van der Waals surface area contributed by atoms with Crippen molar-refractivity contribution < 1.29 is 14.5 Å². The standard InChI is InChI=1S/C24H22N2O4/c1-25-20-14-19(15-6-4-3-5-7-15)23(26(28)29)21(22(20)24(27)17-8-9-17)16-10-12-18(30-2)13-11-16/h3-7,10-14,17,25H,8-9H2,1-2H3. The second kappa shape index (κ2) is 7.99. The van der Waals surface area contributed by atoms with Gasteiger partial charge in [0.15, 0.2) is 5.78 Å². The molecule has 0 aromatic heterocycles. The zero-order valence-electron chi connectivity index (χ0n) is 16.8. The predicted molar refractivity (Wildman–Crippen MR) is 117 cm³/mol. The molecule has 152 valence electrons. The Morgan fingerprint density at radius 2 is 1.73 bits per heavy atom. The average molecular weight is 402 g/mol. The van der Waals surface area contributed by atoms with Gasteiger partial charge in [-0.2, -0.15) is 0 Å². The van der Waals surface area contributed by atoms with Gasteiger partial charge in [0.25, 0.3) is 5.69 Å². The Hall–Kier alpha value is -3.67. The number of nitrogens with zero attached hydrogens (tertiary/aromatic N) is 1. The maximum atomic E-state index is 13.2. The molecule has 0 radical (unpaired) electrons. The molecule has 1 fully saturated rings. The lowest BCUT2D eigenvalue weighted by molar-refractivity contribution is -0.383. The van der Waals surface area contributed by atoms with E-state index in [1.807, 2.05) is 30.3 Å². The number of nitro groups is 1. The first kappa shape index (κ1) is 19.6. The lowest BCUT2D eigenvalue weighted by Crippen LogP contribution is -2.11. The number of nitro benzene ring substituents is 1. The van der Waals surface area contributed by atoms with E-state index in [2.05, 4.69) is 5.32 Å². The van der Waals surface area contributed by atoms with Gasteiger partial charge in [0, 0.05) is 18.7 Å². The maximum absolute atomic E-state index is 13.2. The highest BCUT2D eigenvalue weighted by Gasteiger charge is 2.37. The van der Waals surface area contributed by atoms with Gasteiger partial charge in [-0.05, 0) is 42.2 Å². The van der Waals surface area contributed by atoms with E-state index in [9.17, 15) is 14.9 Å². The highest BCUT2D eigenvalue weighted by Crippen LogP contribution is 2.47. The molecule has 4 rings (SSSR count). The smallest absolute Gasteiger partial charge is 0.285 e. The number of carbonyl (C=O) groups excluding carboxylic acids is 1. The summed E-state index contributed by atoms with van der Waals surface area (Å²) < 4.78 is 5.23. The molecule has 6 nitrogen and oxygen atoms in total. The van der Waals surface area contributed by atoms with Gasteiger partial charge in [0.05, 0.1) is 28.7 Å². The van der Waals surface area contributed by atoms with Crippen LogP contribution in [0.5, 0.6) is 5.75 Å². The van der Waals surface area contributed by atoms with E-state index < -0.39 is 0 Å². The van der Waals surface area contributed by atoms with Crippen molar-refractivity contribution >= 4 is 17.2 Å². The number of nitrogens with one attached hydrogen (secondary N) is 1. The van der Waals surface area contributed by atoms with Crippen molar-refractivity contribution in [3.63, 3.8) is 0 Å². The number of anilines is 1. The van der Waals surface area contributed by atoms with Crippen molar-refractivity contribution in [2.45, 2.75) is 12.8 Å². The zero-order chi connectivity index (χ0) is 21.3. The predicted octanol–water partition coefficient (Wildman–Crippen LogP) is 5.57. The SMILES string of the molecule is CNc1cc(-c2ccccc2)c([N+](=O)[O-])c(-c2ccc(OC)cc2)c1C(=O)C1CC1. The normalized spacial score (nSPS) is 13.0. The van der Waals surface area contributed by atoms with Crippen LogP contribution >= 0.6 is 0 Å². The van der Waals surface area contributed by atoms with Gasteiger partial charge in [0.1, 0.15) is 5.75 Å². The number of carbonyl (C=O) groups is 1. The summed E-state index contributed by atoms with van der Waals surface area (Å²) in [6.07, 6.45) is 1.64. The third-order valence-corrected chi connectivity index (χ3v) is 5.41. The molecule has 0 heterocycles. The van der Waals surface area contributed by atoms with E-state index in [-0.39, 0.29) is 22.3 Å². The number of ether oxygens (including phenoxy) is 1. The topological polar surface area (TPSA) is 81.5 Å². The number of ketones is 1. The summed E-state index contributed by atoms with van der Waals surface area (Å²) in [5.41, 5.74) is 3.09. The molecule has 0 spiro atoms. The third kappa shape index (κ3) is 3.52. The van der Waals surface area contributed by atoms with Crippen LogP contribution in [0.3, 0.4) is 0 Å². The van der Waals surface area contributed by atoms with E-state index in [1.165, 1.54) is 0 Å². The molecule has 1 saturated carbocycles. The van der Waals surface area contributed by atoms with Crippen LogP contribution in [0.2, 0.25) is 0 Å². The van der Waals surface area contributed by atoms with Gasteiger partial charge in [-0.3, -0.25) is 14.9 Å². The Morgan fingerprint density at radius 3 is 2.27 bits per heavy atom. The number of hydrogen-bond acceptors (Lipinski definition) is 5. The molecule has 0 aliphatic heterocycles. The van der Waals surface area contributed by atoms with Crippen molar-refractivity contribution in [2.75, 3.05) is 19.5 Å². The highest BCUT2D eigenvalue weighted by atomic mass is 16.6. The monoisotopic (exact) mass is 402 g/mol. The molecule has 0 atom stereocenters. The second-order valence-corrected chi connectivity index (χ2v) is 7.31. The summed E-state index contributed by atoms with van der Waals surface area (Å²) in [4.78, 5) is 25.2. The van der Waals surface area contributed by atoms with Crippen LogP contribution in [0.25, 0.3) is 22.3 Å². The summed E-state index contributed by atoms with van der Waals surface area (Å²) >= 11 is 0. The Bertz CT molecular complexity index is 1100. The van der Waals surface area contributed by atoms with Gasteiger partial charge in [0.2, 0.25) is 0 Å². The molecule has 1 aliphatic rings. The largest absolute Gasteiger partial charge is 0.497 e. The molecular weight excluding hydrogens is 380 g/mol. The van der Waals surface area contributed by atoms with Crippen LogP contribution in [0.15, 0.2) is 60.7 Å². The number of hydrogen-bond donors (Lipinski definition) is 1. The average Bonchev–Trinajstić information content (AvgIpc) is 3.63. The van der Waals surface area contributed by atoms with Crippen molar-refractivity contribution in [1.82, 2.24) is 0 Å². The molecule has 30 heavy (non-hydrogen) atoms. The minimum atomic E-state index is -0.384. The molecule has 1 aliphatic carbocycles. The van der Waals surface area contributed by atoms with Crippen LogP contribution in [0.1, 0.15) is 23.2 Å². The van der Waals surface area contributed by atoms with Crippen LogP contribution in [0, 0.1) is 16.0 Å². The van der Waals surface area contributed by atoms with E-state index in [0.717, 1.165) is 18.4 Å². The molecule has 0 bridgehead atoms. The van der Waals surface area contributed by atoms with E-state index >= 15 is 0 Å². The first-order chi connectivity index (χ1) is 14.5. The quantitative estimate of drug-likeness (QED) is 0.317. The molecule has 6 heteroatoms. The van der Waals surface area contributed by atoms with Gasteiger partial charge in [-0.25, -0.2) is 0 Å². The highest BCUT2D eigenvalue weighted by molar-refractivity contribution is 6.13. The summed E-state index contributed by atoms with van der Waals surface area (Å²) in [6.45, 7) is 0. The lowest BCUT2D eigenvalue weighted by atomic mass is 9.87. The molecule has 0 saturated heterocycles. The fraction of sp³-hybridized carbons (Fsp3) is 0.208. The Morgan fingerprint density at radius 1 is 1.07 bits per heavy atom. The van der Waals surface area contributed by atoms with E-state index in [1.54, 1.807) is 44.5 Å². The first-order valence-corrected chi connectivity index (χ1v) is 9.82. The van der Waals surface area contributed by atoms with Crippen LogP contribution in [0.4, 0.5) is 11.4 Å². The van der Waals surface area contributed by atoms with Gasteiger partial charge < -0.3 is 10.1 Å². The van der Waals surface area contributed by atoms with Crippen molar-refractivity contribution in [3.8, 4) is 28.0 Å². The molecule has 1 N–H and O–H groups in total. The van der Waals surface area contributed by atoms with E-state index in [4.69, 9.17) is 4.74 Å². The maximum Gasteiger partial charge on any atom is 0.285 e. The molecular formula is C24H22N2O4. The lowest BCUT2D eigenvalue weighted by Gasteiger charge is -2.18. The first-order valence-electron chi connectivity index (χ1n) is 9.82. The fourth-order valence-corrected chi connectivity index (χ4v) is 3.74. The molecule has 3 aromatic carbocycles. The molecule has 0 unspecified atom stereocenters. The van der Waals surface area contributed by atoms with Crippen LogP contribution in [-0.4, -0.2) is 24.9 Å². The Labute approximate surface area is 174 Å². The summed E-state index contributed by atoms with van der Waals surface area (Å²) in [5.74, 6) is 0.522. The molecule has 3 aromatic rings. The fourth-order valence-electron chi connectivity index (χ4n) is 3.74. The Kier molecular flexibility index (Phi) is 5.23. The summed E-state index contributed by atoms with van der Waals surface area (Å²) in [6, 6.07) is 18.0. The number of Topliss-reactive ketones (excluding diaryl/α,β-unsaturated/α-hetero) is 1. The van der Waals surface area contributed by atoms with Crippen molar-refractivity contribution in [3.05, 3.63) is 76.3 Å². The Balaban J connectivity index is 2.08. The van der Waals surface area contributed by atoms with Gasteiger partial charge >= 0.3 is 0 Å².